The molecule has 5 nitrogen and oxygen atoms in total. The average molecular weight is 356 g/mol. The van der Waals surface area contributed by atoms with E-state index >= 15 is 0 Å². The first-order chi connectivity index (χ1) is 11.6. The van der Waals surface area contributed by atoms with Crippen molar-refractivity contribution in [3.05, 3.63) is 70.9 Å². The Balaban J connectivity index is 1.96. The van der Waals surface area contributed by atoms with Crippen molar-refractivity contribution in [1.29, 1.82) is 0 Å². The van der Waals surface area contributed by atoms with E-state index in [1.807, 2.05) is 0 Å². The van der Waals surface area contributed by atoms with E-state index in [0.29, 0.717) is 10.5 Å². The van der Waals surface area contributed by atoms with E-state index in [0.717, 1.165) is 22.2 Å². The van der Waals surface area contributed by atoms with Crippen LogP contribution in [0, 0.1) is 0 Å². The molecule has 120 valence electrons. The molecule has 0 spiro atoms. The van der Waals surface area contributed by atoms with Crippen molar-refractivity contribution in [2.75, 3.05) is 0 Å². The van der Waals surface area contributed by atoms with Crippen molar-refractivity contribution in [2.45, 2.75) is 6.04 Å². The standard InChI is InChI=1S/C17H12N2O3S2/c20-15-13(10-11-6-8-18-9-7-11)24-17(23)19(15)14(16(21)22)12-4-2-1-3-5-12/h1-10,14H,(H,21,22)/b13-10-/t14-/m0/s1. The summed E-state index contributed by atoms with van der Waals surface area (Å²) in [4.78, 5) is 29.9. The summed E-state index contributed by atoms with van der Waals surface area (Å²) in [6.07, 6.45) is 4.93. The van der Waals surface area contributed by atoms with Crippen molar-refractivity contribution in [1.82, 2.24) is 9.88 Å². The van der Waals surface area contributed by atoms with Gasteiger partial charge in [-0.25, -0.2) is 4.79 Å². The topological polar surface area (TPSA) is 70.5 Å². The third kappa shape index (κ3) is 3.22. The van der Waals surface area contributed by atoms with Gasteiger partial charge in [0.1, 0.15) is 4.32 Å². The number of amides is 1. The molecule has 1 amide bonds. The third-order valence-corrected chi connectivity index (χ3v) is 4.77. The van der Waals surface area contributed by atoms with Gasteiger partial charge in [0.2, 0.25) is 0 Å². The quantitative estimate of drug-likeness (QED) is 0.670. The molecule has 2 heterocycles. The predicted octanol–water partition coefficient (Wildman–Crippen LogP) is 3.11. The number of benzene rings is 1. The summed E-state index contributed by atoms with van der Waals surface area (Å²) in [5.41, 5.74) is 1.31. The SMILES string of the molecule is O=C(O)[C@H](c1ccccc1)N1C(=O)/C(=C/c2ccncc2)SC1=S. The van der Waals surface area contributed by atoms with Crippen LogP contribution in [-0.2, 0) is 9.59 Å². The summed E-state index contributed by atoms with van der Waals surface area (Å²) in [6, 6.07) is 11.0. The summed E-state index contributed by atoms with van der Waals surface area (Å²) >= 11 is 6.36. The second-order valence-corrected chi connectivity index (χ2v) is 6.66. The Bertz CT molecular complexity index is 822. The number of aromatic nitrogens is 1. The minimum atomic E-state index is -1.14. The van der Waals surface area contributed by atoms with Gasteiger partial charge in [0.15, 0.2) is 6.04 Å². The first-order valence-electron chi connectivity index (χ1n) is 7.03. The molecule has 1 aliphatic heterocycles. The lowest BCUT2D eigenvalue weighted by Gasteiger charge is -2.23. The van der Waals surface area contributed by atoms with Crippen LogP contribution in [-0.4, -0.2) is 31.2 Å². The van der Waals surface area contributed by atoms with E-state index in [9.17, 15) is 14.7 Å². The number of carboxylic acid groups (broad SMARTS) is 1. The molecule has 1 N–H and O–H groups in total. The molecule has 0 unspecified atom stereocenters. The summed E-state index contributed by atoms with van der Waals surface area (Å²) < 4.78 is 0.233. The monoisotopic (exact) mass is 356 g/mol. The van der Waals surface area contributed by atoms with Crippen LogP contribution in [0.2, 0.25) is 0 Å². The van der Waals surface area contributed by atoms with E-state index in [2.05, 4.69) is 4.98 Å². The Morgan fingerprint density at radius 2 is 1.88 bits per heavy atom. The van der Waals surface area contributed by atoms with Crippen molar-refractivity contribution in [3.63, 3.8) is 0 Å². The molecular formula is C17H12N2O3S2. The molecule has 1 saturated heterocycles. The molecule has 1 atom stereocenters. The number of carbonyl (C=O) groups is 2. The van der Waals surface area contributed by atoms with Gasteiger partial charge in [-0.2, -0.15) is 0 Å². The largest absolute Gasteiger partial charge is 0.479 e. The fraction of sp³-hybridized carbons (Fsp3) is 0.0588. The summed E-state index contributed by atoms with van der Waals surface area (Å²) in [5, 5.41) is 9.61. The molecule has 0 aliphatic carbocycles. The highest BCUT2D eigenvalue weighted by Crippen LogP contribution is 2.38. The maximum Gasteiger partial charge on any atom is 0.331 e. The number of thiocarbonyl (C=S) groups is 1. The molecule has 2 aromatic rings. The third-order valence-electron chi connectivity index (χ3n) is 3.43. The first kappa shape index (κ1) is 16.4. The van der Waals surface area contributed by atoms with Crippen LogP contribution in [0.3, 0.4) is 0 Å². The van der Waals surface area contributed by atoms with Crippen molar-refractivity contribution >= 4 is 46.3 Å². The maximum atomic E-state index is 12.7. The van der Waals surface area contributed by atoms with Crippen molar-refractivity contribution < 1.29 is 14.7 Å². The van der Waals surface area contributed by atoms with E-state index in [1.165, 1.54) is 0 Å². The number of hydrogen-bond donors (Lipinski definition) is 1. The highest BCUT2D eigenvalue weighted by atomic mass is 32.2. The van der Waals surface area contributed by atoms with Crippen LogP contribution < -0.4 is 0 Å². The fourth-order valence-corrected chi connectivity index (χ4v) is 3.66. The summed E-state index contributed by atoms with van der Waals surface area (Å²) in [7, 11) is 0. The molecule has 0 saturated carbocycles. The van der Waals surface area contributed by atoms with E-state index in [-0.39, 0.29) is 4.32 Å². The minimum absolute atomic E-state index is 0.233. The molecule has 24 heavy (non-hydrogen) atoms. The normalized spacial score (nSPS) is 17.3. The second-order valence-electron chi connectivity index (χ2n) is 4.98. The van der Waals surface area contributed by atoms with Crippen LogP contribution >= 0.6 is 24.0 Å². The first-order valence-corrected chi connectivity index (χ1v) is 8.25. The van der Waals surface area contributed by atoms with Crippen LogP contribution in [0.1, 0.15) is 17.2 Å². The van der Waals surface area contributed by atoms with Crippen molar-refractivity contribution in [3.8, 4) is 0 Å². The van der Waals surface area contributed by atoms with Crippen molar-refractivity contribution in [2.24, 2.45) is 0 Å². The zero-order valence-corrected chi connectivity index (χ0v) is 14.0. The number of aliphatic carboxylic acids is 1. The number of pyridine rings is 1. The van der Waals surface area contributed by atoms with Gasteiger partial charge in [-0.1, -0.05) is 54.3 Å². The highest BCUT2D eigenvalue weighted by molar-refractivity contribution is 8.26. The molecule has 1 aliphatic rings. The van der Waals surface area contributed by atoms with Gasteiger partial charge < -0.3 is 5.11 Å². The van der Waals surface area contributed by atoms with E-state index < -0.39 is 17.9 Å². The van der Waals surface area contributed by atoms with Crippen LogP contribution in [0.25, 0.3) is 6.08 Å². The molecule has 1 aromatic heterocycles. The number of carbonyl (C=O) groups excluding carboxylic acids is 1. The van der Waals surface area contributed by atoms with Gasteiger partial charge in [0, 0.05) is 12.4 Å². The average Bonchev–Trinajstić information content (AvgIpc) is 2.85. The summed E-state index contributed by atoms with van der Waals surface area (Å²) in [5.74, 6) is -1.53. The number of thioether (sulfide) groups is 1. The molecule has 0 radical (unpaired) electrons. The number of nitrogens with zero attached hydrogens (tertiary/aromatic N) is 2. The number of hydrogen-bond acceptors (Lipinski definition) is 5. The lowest BCUT2D eigenvalue weighted by Crippen LogP contribution is -2.37. The predicted molar refractivity (Wildman–Crippen MR) is 96.1 cm³/mol. The van der Waals surface area contributed by atoms with Gasteiger partial charge >= 0.3 is 5.97 Å². The Labute approximate surface area is 148 Å². The Hall–Kier alpha value is -2.51. The molecular weight excluding hydrogens is 344 g/mol. The smallest absolute Gasteiger partial charge is 0.331 e. The molecule has 3 rings (SSSR count). The Morgan fingerprint density at radius 3 is 2.50 bits per heavy atom. The zero-order valence-electron chi connectivity index (χ0n) is 12.3. The Morgan fingerprint density at radius 1 is 1.21 bits per heavy atom. The van der Waals surface area contributed by atoms with E-state index in [4.69, 9.17) is 12.2 Å². The van der Waals surface area contributed by atoms with Crippen LogP contribution in [0.5, 0.6) is 0 Å². The summed E-state index contributed by atoms with van der Waals surface area (Å²) in [6.45, 7) is 0. The molecule has 1 aromatic carbocycles. The lowest BCUT2D eigenvalue weighted by atomic mass is 10.1. The van der Waals surface area contributed by atoms with Gasteiger partial charge in [0.25, 0.3) is 5.91 Å². The maximum absolute atomic E-state index is 12.7. The molecule has 1 fully saturated rings. The van der Waals surface area contributed by atoms with Crippen LogP contribution in [0.4, 0.5) is 0 Å². The minimum Gasteiger partial charge on any atom is -0.479 e. The number of rotatable bonds is 4. The highest BCUT2D eigenvalue weighted by Gasteiger charge is 2.41. The van der Waals surface area contributed by atoms with Gasteiger partial charge in [0.05, 0.1) is 4.91 Å². The zero-order chi connectivity index (χ0) is 17.1. The molecule has 7 heteroatoms. The van der Waals surface area contributed by atoms with Gasteiger partial charge in [-0.05, 0) is 29.3 Å². The van der Waals surface area contributed by atoms with E-state index in [1.54, 1.807) is 60.9 Å². The Kier molecular flexibility index (Phi) is 4.73. The molecule has 0 bridgehead atoms. The van der Waals surface area contributed by atoms with Gasteiger partial charge in [-0.3, -0.25) is 14.7 Å². The van der Waals surface area contributed by atoms with Gasteiger partial charge in [-0.15, -0.1) is 0 Å². The number of carboxylic acids is 1. The fourth-order valence-electron chi connectivity index (χ4n) is 2.35. The second kappa shape index (κ2) is 6.94. The lowest BCUT2D eigenvalue weighted by molar-refractivity contribution is -0.145. The van der Waals surface area contributed by atoms with Crippen LogP contribution in [0.15, 0.2) is 59.8 Å².